The molecule has 4 N–H and O–H groups in total. The first kappa shape index (κ1) is 32.8. The van der Waals surface area contributed by atoms with Crippen molar-refractivity contribution in [3.63, 3.8) is 0 Å². The Morgan fingerprint density at radius 1 is 1.03 bits per heavy atom. The average Bonchev–Trinajstić information content (AvgIpc) is 2.73. The van der Waals surface area contributed by atoms with Gasteiger partial charge in [0.2, 0.25) is 0 Å². The van der Waals surface area contributed by atoms with E-state index in [0.29, 0.717) is 6.42 Å². The summed E-state index contributed by atoms with van der Waals surface area (Å²) in [7, 11) is -2.36. The molecular formula is C28H48N2O6Si. The number of rotatable bonds is 12. The van der Waals surface area contributed by atoms with Crippen molar-refractivity contribution >= 4 is 26.2 Å². The Kier molecular flexibility index (Phi) is 11.1. The van der Waals surface area contributed by atoms with E-state index in [0.717, 1.165) is 5.56 Å². The minimum atomic E-state index is -2.36. The van der Waals surface area contributed by atoms with Crippen molar-refractivity contribution in [2.75, 3.05) is 0 Å². The summed E-state index contributed by atoms with van der Waals surface area (Å²) in [5.74, 6) is -2.49. The van der Waals surface area contributed by atoms with Gasteiger partial charge in [0, 0.05) is 6.42 Å². The summed E-state index contributed by atoms with van der Waals surface area (Å²) in [4.78, 5) is 37.9. The van der Waals surface area contributed by atoms with Gasteiger partial charge in [-0.2, -0.15) is 0 Å². The summed E-state index contributed by atoms with van der Waals surface area (Å²) < 4.78 is 12.3. The number of Topliss-reactive ketones (excluding diaryl/α,β-unsaturated/α-hetero) is 1. The number of aliphatic carboxylic acids is 1. The molecule has 0 bridgehead atoms. The minimum absolute atomic E-state index is 0.0957. The number of nitrogens with one attached hydrogen (secondary N) is 1. The smallest absolute Gasteiger partial charge is 0.407 e. The van der Waals surface area contributed by atoms with Crippen LogP contribution in [0.5, 0.6) is 0 Å². The summed E-state index contributed by atoms with van der Waals surface area (Å²) in [5.41, 5.74) is 4.39. The number of amides is 1. The highest BCUT2D eigenvalue weighted by Crippen LogP contribution is 2.38. The van der Waals surface area contributed by atoms with Gasteiger partial charge in [0.1, 0.15) is 5.60 Å². The standard InChI is InChI=1S/C28H48N2O6Si/c1-19(2)28(29,24(32)33)23(31)17-16-22(36-37(9,10)27(6,7)8)21(18-20-14-12-11-13-15-20)30-25(34)35-26(3,4)5/h11-15,19,21-22H,16-18,29H2,1-10H3,(H,30,34)(H,32,33)/t21-,22-,28-/m0/s1. The molecule has 0 unspecified atom stereocenters. The monoisotopic (exact) mass is 536 g/mol. The lowest BCUT2D eigenvalue weighted by Gasteiger charge is -2.42. The molecule has 8 nitrogen and oxygen atoms in total. The van der Waals surface area contributed by atoms with E-state index in [1.807, 2.05) is 30.3 Å². The van der Waals surface area contributed by atoms with Gasteiger partial charge in [-0.05, 0) is 63.2 Å². The van der Waals surface area contributed by atoms with Crippen LogP contribution in [-0.2, 0) is 25.2 Å². The van der Waals surface area contributed by atoms with Crippen LogP contribution in [0.15, 0.2) is 30.3 Å². The minimum Gasteiger partial charge on any atom is -0.480 e. The molecule has 9 heteroatoms. The molecule has 37 heavy (non-hydrogen) atoms. The summed E-state index contributed by atoms with van der Waals surface area (Å²) in [6.07, 6.45) is -0.587. The Morgan fingerprint density at radius 2 is 1.57 bits per heavy atom. The first-order chi connectivity index (χ1) is 16.7. The Morgan fingerprint density at radius 3 is 2.00 bits per heavy atom. The lowest BCUT2D eigenvalue weighted by atomic mass is 9.81. The van der Waals surface area contributed by atoms with E-state index in [2.05, 4.69) is 39.2 Å². The maximum atomic E-state index is 13.1. The van der Waals surface area contributed by atoms with E-state index < -0.39 is 55.4 Å². The fourth-order valence-corrected chi connectivity index (χ4v) is 5.06. The summed E-state index contributed by atoms with van der Waals surface area (Å²) in [6, 6.07) is 9.17. The van der Waals surface area contributed by atoms with E-state index in [1.165, 1.54) is 0 Å². The van der Waals surface area contributed by atoms with Crippen molar-refractivity contribution in [1.82, 2.24) is 5.32 Å². The van der Waals surface area contributed by atoms with Crippen LogP contribution in [0.2, 0.25) is 18.1 Å². The molecule has 0 aliphatic heterocycles. The number of carbonyl (C=O) groups is 3. The summed E-state index contributed by atoms with van der Waals surface area (Å²) in [6.45, 7) is 19.2. The number of ketones is 1. The molecule has 3 atom stereocenters. The van der Waals surface area contributed by atoms with E-state index in [4.69, 9.17) is 14.9 Å². The van der Waals surface area contributed by atoms with Crippen LogP contribution in [0.3, 0.4) is 0 Å². The molecular weight excluding hydrogens is 488 g/mol. The van der Waals surface area contributed by atoms with Gasteiger partial charge in [-0.1, -0.05) is 65.0 Å². The molecule has 1 rings (SSSR count). The lowest BCUT2D eigenvalue weighted by Crippen LogP contribution is -2.59. The Hall–Kier alpha value is -2.23. The van der Waals surface area contributed by atoms with Crippen LogP contribution in [0.4, 0.5) is 4.79 Å². The third-order valence-electron chi connectivity index (χ3n) is 7.08. The molecule has 1 aromatic carbocycles. The maximum absolute atomic E-state index is 13.1. The zero-order chi connectivity index (χ0) is 28.8. The van der Waals surface area contributed by atoms with Crippen LogP contribution in [0.25, 0.3) is 0 Å². The predicted molar refractivity (Wildman–Crippen MR) is 149 cm³/mol. The lowest BCUT2D eigenvalue weighted by molar-refractivity contribution is -0.150. The normalized spacial score (nSPS) is 16.0. The largest absolute Gasteiger partial charge is 0.480 e. The second kappa shape index (κ2) is 12.5. The fraction of sp³-hybridized carbons (Fsp3) is 0.679. The van der Waals surface area contributed by atoms with Gasteiger partial charge >= 0.3 is 12.1 Å². The predicted octanol–water partition coefficient (Wildman–Crippen LogP) is 5.30. The van der Waals surface area contributed by atoms with Crippen LogP contribution in [0, 0.1) is 5.92 Å². The fourth-order valence-electron chi connectivity index (χ4n) is 3.67. The molecule has 210 valence electrons. The van der Waals surface area contributed by atoms with Crippen molar-refractivity contribution in [2.24, 2.45) is 11.7 Å². The highest BCUT2D eigenvalue weighted by molar-refractivity contribution is 6.74. The Labute approximate surface area is 223 Å². The number of ether oxygens (including phenoxy) is 1. The topological polar surface area (TPSA) is 128 Å². The van der Waals surface area contributed by atoms with Gasteiger partial charge in [-0.3, -0.25) is 4.79 Å². The third-order valence-corrected chi connectivity index (χ3v) is 11.6. The molecule has 0 heterocycles. The van der Waals surface area contributed by atoms with Gasteiger partial charge in [0.05, 0.1) is 12.1 Å². The van der Waals surface area contributed by atoms with E-state index in [9.17, 15) is 19.5 Å². The SMILES string of the molecule is CC(C)[C@@](N)(C(=O)O)C(=O)CC[C@H](O[Si](C)(C)C(C)(C)C)[C@H](Cc1ccccc1)NC(=O)OC(C)(C)C. The molecule has 1 aromatic rings. The van der Waals surface area contributed by atoms with Crippen molar-refractivity contribution in [3.8, 4) is 0 Å². The maximum Gasteiger partial charge on any atom is 0.407 e. The van der Waals surface area contributed by atoms with Crippen molar-refractivity contribution in [3.05, 3.63) is 35.9 Å². The number of carboxylic acid groups (broad SMARTS) is 1. The van der Waals surface area contributed by atoms with Gasteiger partial charge in [0.25, 0.3) is 0 Å². The first-order valence-corrected chi connectivity index (χ1v) is 15.9. The quantitative estimate of drug-likeness (QED) is 0.244. The number of alkyl carbamates (subject to hydrolysis) is 1. The number of nitrogens with two attached hydrogens (primary N) is 1. The van der Waals surface area contributed by atoms with Gasteiger partial charge in [-0.25, -0.2) is 9.59 Å². The molecule has 0 saturated carbocycles. The molecule has 0 fully saturated rings. The molecule has 0 radical (unpaired) electrons. The zero-order valence-electron chi connectivity index (χ0n) is 24.3. The van der Waals surface area contributed by atoms with Crippen molar-refractivity contribution < 1.29 is 28.7 Å². The van der Waals surface area contributed by atoms with Gasteiger partial charge < -0.3 is 25.3 Å². The van der Waals surface area contributed by atoms with Crippen LogP contribution in [-0.4, -0.2) is 54.6 Å². The summed E-state index contributed by atoms with van der Waals surface area (Å²) in [5, 5.41) is 12.6. The van der Waals surface area contributed by atoms with Gasteiger partial charge in [-0.15, -0.1) is 0 Å². The highest BCUT2D eigenvalue weighted by atomic mass is 28.4. The second-order valence-corrected chi connectivity index (χ2v) is 17.4. The van der Waals surface area contributed by atoms with Crippen LogP contribution < -0.4 is 11.1 Å². The molecule has 1 amide bonds. The number of hydrogen-bond donors (Lipinski definition) is 3. The second-order valence-electron chi connectivity index (χ2n) is 12.6. The van der Waals surface area contributed by atoms with Crippen LogP contribution in [0.1, 0.15) is 73.8 Å². The van der Waals surface area contributed by atoms with E-state index in [1.54, 1.807) is 34.6 Å². The zero-order valence-corrected chi connectivity index (χ0v) is 25.3. The molecule has 0 aromatic heterocycles. The Bertz CT molecular complexity index is 921. The van der Waals surface area contributed by atoms with E-state index in [-0.39, 0.29) is 17.9 Å². The summed E-state index contributed by atoms with van der Waals surface area (Å²) >= 11 is 0. The third kappa shape index (κ3) is 9.54. The molecule has 0 saturated heterocycles. The van der Waals surface area contributed by atoms with Gasteiger partial charge in [0.15, 0.2) is 19.6 Å². The van der Waals surface area contributed by atoms with Crippen molar-refractivity contribution in [2.45, 2.75) is 116 Å². The number of hydrogen-bond acceptors (Lipinski definition) is 6. The molecule has 0 aliphatic carbocycles. The van der Waals surface area contributed by atoms with Crippen molar-refractivity contribution in [1.29, 1.82) is 0 Å². The first-order valence-electron chi connectivity index (χ1n) is 13.0. The highest BCUT2D eigenvalue weighted by Gasteiger charge is 2.46. The number of benzene rings is 1. The Balaban J connectivity index is 3.41. The average molecular weight is 537 g/mol. The van der Waals surface area contributed by atoms with E-state index >= 15 is 0 Å². The molecule has 0 aliphatic rings. The number of carbonyl (C=O) groups excluding carboxylic acids is 2. The van der Waals surface area contributed by atoms with Crippen LogP contribution >= 0.6 is 0 Å². The molecule has 0 spiro atoms. The number of carboxylic acids is 1.